The summed E-state index contributed by atoms with van der Waals surface area (Å²) < 4.78 is 10.6. The standard InChI is InChI=1S/C22H21N3O4/c1-28-18-8-6-17(7-9-18)25-14-16(12-20(25)26)22(27)24-13-15-4-2-10-23-21(15)19-5-3-11-29-19/h2-11,16H,12-14H2,1H3,(H,24,27). The highest BCUT2D eigenvalue weighted by Crippen LogP contribution is 2.27. The lowest BCUT2D eigenvalue weighted by atomic mass is 10.1. The highest BCUT2D eigenvalue weighted by molar-refractivity contribution is 6.00. The van der Waals surface area contributed by atoms with E-state index in [1.165, 1.54) is 0 Å². The van der Waals surface area contributed by atoms with Crippen molar-refractivity contribution in [1.29, 1.82) is 0 Å². The molecule has 1 unspecified atom stereocenters. The maximum atomic E-state index is 12.7. The van der Waals surface area contributed by atoms with Gasteiger partial charge in [0.15, 0.2) is 5.76 Å². The number of hydrogen-bond donors (Lipinski definition) is 1. The third-order valence-corrected chi connectivity index (χ3v) is 4.98. The third kappa shape index (κ3) is 3.99. The van der Waals surface area contributed by atoms with Gasteiger partial charge in [0, 0.05) is 37.0 Å². The summed E-state index contributed by atoms with van der Waals surface area (Å²) in [4.78, 5) is 31.1. The molecule has 1 aliphatic heterocycles. The Morgan fingerprint density at radius 1 is 1.24 bits per heavy atom. The minimum absolute atomic E-state index is 0.0621. The second kappa shape index (κ2) is 8.18. The minimum Gasteiger partial charge on any atom is -0.497 e. The Morgan fingerprint density at radius 3 is 2.79 bits per heavy atom. The van der Waals surface area contributed by atoms with Crippen LogP contribution in [0.4, 0.5) is 5.69 Å². The molecule has 1 aliphatic rings. The first-order valence-electron chi connectivity index (χ1n) is 9.35. The molecule has 1 fully saturated rings. The lowest BCUT2D eigenvalue weighted by Gasteiger charge is -2.17. The predicted octanol–water partition coefficient (Wildman–Crippen LogP) is 3.02. The third-order valence-electron chi connectivity index (χ3n) is 4.98. The highest BCUT2D eigenvalue weighted by atomic mass is 16.5. The van der Waals surface area contributed by atoms with Crippen LogP contribution >= 0.6 is 0 Å². The van der Waals surface area contributed by atoms with E-state index in [4.69, 9.17) is 9.15 Å². The van der Waals surface area contributed by atoms with E-state index in [2.05, 4.69) is 10.3 Å². The van der Waals surface area contributed by atoms with Crippen LogP contribution in [0.3, 0.4) is 0 Å². The Morgan fingerprint density at radius 2 is 2.07 bits per heavy atom. The molecule has 0 saturated carbocycles. The summed E-state index contributed by atoms with van der Waals surface area (Å²) >= 11 is 0. The number of anilines is 1. The smallest absolute Gasteiger partial charge is 0.227 e. The predicted molar refractivity (Wildman–Crippen MR) is 107 cm³/mol. The molecule has 29 heavy (non-hydrogen) atoms. The SMILES string of the molecule is COc1ccc(N2CC(C(=O)NCc3cccnc3-c3ccco3)CC2=O)cc1. The molecule has 2 amide bonds. The first kappa shape index (κ1) is 18.7. The van der Waals surface area contributed by atoms with Crippen LogP contribution in [0.15, 0.2) is 65.4 Å². The number of methoxy groups -OCH3 is 1. The number of carbonyl (C=O) groups excluding carboxylic acids is 2. The lowest BCUT2D eigenvalue weighted by molar-refractivity contribution is -0.126. The molecule has 0 radical (unpaired) electrons. The Balaban J connectivity index is 1.40. The van der Waals surface area contributed by atoms with Crippen molar-refractivity contribution in [2.75, 3.05) is 18.6 Å². The summed E-state index contributed by atoms with van der Waals surface area (Å²) in [6.45, 7) is 0.672. The van der Waals surface area contributed by atoms with E-state index in [1.54, 1.807) is 42.7 Å². The number of pyridine rings is 1. The number of carbonyl (C=O) groups is 2. The van der Waals surface area contributed by atoms with Crippen LogP contribution in [0.5, 0.6) is 5.75 Å². The van der Waals surface area contributed by atoms with Crippen LogP contribution < -0.4 is 15.0 Å². The number of hydrogen-bond acceptors (Lipinski definition) is 5. The van der Waals surface area contributed by atoms with Gasteiger partial charge in [-0.3, -0.25) is 14.6 Å². The molecule has 3 heterocycles. The maximum absolute atomic E-state index is 12.7. The number of amides is 2. The van der Waals surface area contributed by atoms with E-state index in [1.807, 2.05) is 30.3 Å². The van der Waals surface area contributed by atoms with Gasteiger partial charge >= 0.3 is 0 Å². The molecule has 7 nitrogen and oxygen atoms in total. The Hall–Kier alpha value is -3.61. The number of nitrogens with zero attached hydrogens (tertiary/aromatic N) is 2. The van der Waals surface area contributed by atoms with Gasteiger partial charge in [-0.15, -0.1) is 0 Å². The average Bonchev–Trinajstić information content (AvgIpc) is 3.42. The molecule has 4 rings (SSSR count). The Bertz CT molecular complexity index is 999. The molecule has 1 saturated heterocycles. The largest absolute Gasteiger partial charge is 0.497 e. The summed E-state index contributed by atoms with van der Waals surface area (Å²) in [7, 11) is 1.59. The van der Waals surface area contributed by atoms with Gasteiger partial charge in [0.1, 0.15) is 11.4 Å². The summed E-state index contributed by atoms with van der Waals surface area (Å²) in [5.74, 6) is 0.764. The molecule has 7 heteroatoms. The van der Waals surface area contributed by atoms with E-state index >= 15 is 0 Å². The molecule has 1 aromatic carbocycles. The molecule has 0 spiro atoms. The van der Waals surface area contributed by atoms with E-state index in [0.29, 0.717) is 24.5 Å². The van der Waals surface area contributed by atoms with Gasteiger partial charge in [-0.25, -0.2) is 0 Å². The molecule has 148 valence electrons. The van der Waals surface area contributed by atoms with Crippen LogP contribution in [0.2, 0.25) is 0 Å². The van der Waals surface area contributed by atoms with E-state index in [9.17, 15) is 9.59 Å². The van der Waals surface area contributed by atoms with Crippen molar-refractivity contribution in [2.24, 2.45) is 5.92 Å². The Kier molecular flexibility index (Phi) is 5.29. The zero-order chi connectivity index (χ0) is 20.2. The molecule has 1 atom stereocenters. The van der Waals surface area contributed by atoms with Crippen molar-refractivity contribution in [1.82, 2.24) is 10.3 Å². The molecular formula is C22H21N3O4. The molecular weight excluding hydrogens is 370 g/mol. The number of aromatic nitrogens is 1. The van der Waals surface area contributed by atoms with Gasteiger partial charge in [0.2, 0.25) is 11.8 Å². The topological polar surface area (TPSA) is 84.7 Å². The number of furan rings is 1. The fourth-order valence-corrected chi connectivity index (χ4v) is 3.44. The summed E-state index contributed by atoms with van der Waals surface area (Å²) in [5, 5.41) is 2.93. The molecule has 0 bridgehead atoms. The van der Waals surface area contributed by atoms with Crippen molar-refractivity contribution in [3.05, 3.63) is 66.6 Å². The van der Waals surface area contributed by atoms with Gasteiger partial charge in [0.05, 0.1) is 19.3 Å². The molecule has 3 aromatic rings. The average molecular weight is 391 g/mol. The number of benzene rings is 1. The quantitative estimate of drug-likeness (QED) is 0.698. The number of ether oxygens (including phenoxy) is 1. The normalized spacial score (nSPS) is 16.1. The van der Waals surface area contributed by atoms with Gasteiger partial charge in [-0.2, -0.15) is 0 Å². The van der Waals surface area contributed by atoms with Crippen molar-refractivity contribution in [3.63, 3.8) is 0 Å². The van der Waals surface area contributed by atoms with Crippen LogP contribution in [0.1, 0.15) is 12.0 Å². The number of nitrogens with one attached hydrogen (secondary N) is 1. The van der Waals surface area contributed by atoms with E-state index < -0.39 is 5.92 Å². The highest BCUT2D eigenvalue weighted by Gasteiger charge is 2.35. The van der Waals surface area contributed by atoms with Gasteiger partial charge < -0.3 is 19.4 Å². The van der Waals surface area contributed by atoms with Crippen molar-refractivity contribution < 1.29 is 18.7 Å². The maximum Gasteiger partial charge on any atom is 0.227 e. The monoisotopic (exact) mass is 391 g/mol. The number of rotatable bonds is 6. The van der Waals surface area contributed by atoms with E-state index in [0.717, 1.165) is 17.0 Å². The molecule has 0 aliphatic carbocycles. The first-order chi connectivity index (χ1) is 14.2. The lowest BCUT2D eigenvalue weighted by Crippen LogP contribution is -2.32. The molecule has 1 N–H and O–H groups in total. The fraction of sp³-hybridized carbons (Fsp3) is 0.227. The van der Waals surface area contributed by atoms with Gasteiger partial charge in [0.25, 0.3) is 0 Å². The molecule has 2 aromatic heterocycles. The first-order valence-corrected chi connectivity index (χ1v) is 9.35. The van der Waals surface area contributed by atoms with Gasteiger partial charge in [-0.05, 0) is 42.5 Å². The van der Waals surface area contributed by atoms with Crippen molar-refractivity contribution >= 4 is 17.5 Å². The fourth-order valence-electron chi connectivity index (χ4n) is 3.44. The van der Waals surface area contributed by atoms with Crippen LogP contribution in [-0.4, -0.2) is 30.5 Å². The summed E-state index contributed by atoms with van der Waals surface area (Å²) in [5.41, 5.74) is 2.31. The minimum atomic E-state index is -0.395. The van der Waals surface area contributed by atoms with Crippen molar-refractivity contribution in [3.8, 4) is 17.2 Å². The Labute approximate surface area is 168 Å². The van der Waals surface area contributed by atoms with Crippen LogP contribution in [0.25, 0.3) is 11.5 Å². The second-order valence-electron chi connectivity index (χ2n) is 6.81. The zero-order valence-electron chi connectivity index (χ0n) is 16.0. The van der Waals surface area contributed by atoms with Crippen LogP contribution in [-0.2, 0) is 16.1 Å². The van der Waals surface area contributed by atoms with Crippen LogP contribution in [0, 0.1) is 5.92 Å². The van der Waals surface area contributed by atoms with E-state index in [-0.39, 0.29) is 18.2 Å². The second-order valence-corrected chi connectivity index (χ2v) is 6.81. The summed E-state index contributed by atoms with van der Waals surface area (Å²) in [6, 6.07) is 14.6. The zero-order valence-corrected chi connectivity index (χ0v) is 16.0. The summed E-state index contributed by atoms with van der Waals surface area (Å²) in [6.07, 6.45) is 3.46. The van der Waals surface area contributed by atoms with Crippen molar-refractivity contribution in [2.45, 2.75) is 13.0 Å². The van der Waals surface area contributed by atoms with Gasteiger partial charge in [-0.1, -0.05) is 6.07 Å².